The largest absolute Gasteiger partial charge is 0.397 e. The van der Waals surface area contributed by atoms with E-state index in [-0.39, 0.29) is 22.0 Å². The van der Waals surface area contributed by atoms with Gasteiger partial charge in [0.25, 0.3) is 5.69 Å². The number of terminal acetylenes is 1. The van der Waals surface area contributed by atoms with Crippen LogP contribution in [0.1, 0.15) is 5.56 Å². The van der Waals surface area contributed by atoms with Crippen molar-refractivity contribution in [3.05, 3.63) is 32.8 Å². The average Bonchev–Trinajstić information content (AvgIpc) is 2.09. The van der Waals surface area contributed by atoms with Crippen LogP contribution in [0.2, 0.25) is 5.02 Å². The van der Waals surface area contributed by atoms with Crippen molar-refractivity contribution in [2.45, 2.75) is 0 Å². The first-order valence-corrected chi connectivity index (χ1v) is 3.64. The third-order valence-electron chi connectivity index (χ3n) is 1.48. The van der Waals surface area contributed by atoms with Crippen molar-refractivity contribution >= 4 is 23.0 Å². The molecule has 0 spiro atoms. The summed E-state index contributed by atoms with van der Waals surface area (Å²) in [4.78, 5) is 9.79. The van der Waals surface area contributed by atoms with Gasteiger partial charge in [-0.25, -0.2) is 0 Å². The molecule has 13 heavy (non-hydrogen) atoms. The lowest BCUT2D eigenvalue weighted by Gasteiger charge is -2.00. The minimum absolute atomic E-state index is 0.0992. The molecule has 0 unspecified atom stereocenters. The van der Waals surface area contributed by atoms with Gasteiger partial charge in [-0.3, -0.25) is 10.1 Å². The summed E-state index contributed by atoms with van der Waals surface area (Å²) in [5.41, 5.74) is 5.73. The SMILES string of the molecule is C#Cc1cc([N+](=O)[O-])cc(Cl)c1N. The van der Waals surface area contributed by atoms with Crippen molar-refractivity contribution in [2.75, 3.05) is 5.73 Å². The molecular formula is C8H5ClN2O2. The molecule has 0 aliphatic carbocycles. The van der Waals surface area contributed by atoms with Gasteiger partial charge < -0.3 is 5.73 Å². The molecular weight excluding hydrogens is 192 g/mol. The molecule has 0 bridgehead atoms. The van der Waals surface area contributed by atoms with E-state index >= 15 is 0 Å². The number of rotatable bonds is 1. The van der Waals surface area contributed by atoms with Crippen LogP contribution in [0.5, 0.6) is 0 Å². The lowest BCUT2D eigenvalue weighted by molar-refractivity contribution is -0.384. The second-order valence-corrected chi connectivity index (χ2v) is 2.70. The van der Waals surface area contributed by atoms with Gasteiger partial charge in [0.05, 0.1) is 21.2 Å². The number of nitrogens with two attached hydrogens (primary N) is 1. The number of non-ortho nitro benzene ring substituents is 1. The maximum absolute atomic E-state index is 10.4. The summed E-state index contributed by atoms with van der Waals surface area (Å²) in [5, 5.41) is 10.5. The zero-order valence-corrected chi connectivity index (χ0v) is 7.21. The number of benzene rings is 1. The summed E-state index contributed by atoms with van der Waals surface area (Å²) in [5.74, 6) is 2.22. The van der Waals surface area contributed by atoms with Gasteiger partial charge in [-0.1, -0.05) is 17.5 Å². The number of anilines is 1. The molecule has 0 atom stereocenters. The predicted molar refractivity (Wildman–Crippen MR) is 50.5 cm³/mol. The fourth-order valence-corrected chi connectivity index (χ4v) is 1.04. The van der Waals surface area contributed by atoms with E-state index in [1.165, 1.54) is 6.07 Å². The number of hydrogen-bond acceptors (Lipinski definition) is 3. The molecule has 1 rings (SSSR count). The molecule has 0 radical (unpaired) electrons. The smallest absolute Gasteiger partial charge is 0.272 e. The van der Waals surface area contributed by atoms with E-state index < -0.39 is 4.92 Å². The van der Waals surface area contributed by atoms with E-state index in [0.717, 1.165) is 6.07 Å². The molecule has 66 valence electrons. The number of nitro groups is 1. The number of nitrogens with zero attached hydrogens (tertiary/aromatic N) is 1. The molecule has 0 saturated heterocycles. The topological polar surface area (TPSA) is 69.2 Å². The fourth-order valence-electron chi connectivity index (χ4n) is 0.828. The highest BCUT2D eigenvalue weighted by Crippen LogP contribution is 2.27. The Morgan fingerprint density at radius 2 is 2.23 bits per heavy atom. The molecule has 5 heteroatoms. The standard InChI is InChI=1S/C8H5ClN2O2/c1-2-5-3-6(11(12)13)4-7(9)8(5)10/h1,3-4H,10H2. The molecule has 0 saturated carbocycles. The lowest BCUT2D eigenvalue weighted by Crippen LogP contribution is -1.95. The van der Waals surface area contributed by atoms with Gasteiger partial charge in [0.1, 0.15) is 0 Å². The molecule has 0 aliphatic heterocycles. The Morgan fingerprint density at radius 1 is 1.62 bits per heavy atom. The summed E-state index contributed by atoms with van der Waals surface area (Å²) >= 11 is 5.62. The summed E-state index contributed by atoms with van der Waals surface area (Å²) in [7, 11) is 0. The van der Waals surface area contributed by atoms with Crippen LogP contribution in [0.15, 0.2) is 12.1 Å². The monoisotopic (exact) mass is 196 g/mol. The van der Waals surface area contributed by atoms with Crippen LogP contribution in [0.3, 0.4) is 0 Å². The Bertz CT molecular complexity index is 409. The van der Waals surface area contributed by atoms with Gasteiger partial charge in [-0.05, 0) is 0 Å². The molecule has 0 aliphatic rings. The zero-order valence-electron chi connectivity index (χ0n) is 6.45. The Morgan fingerprint density at radius 3 is 2.69 bits per heavy atom. The second-order valence-electron chi connectivity index (χ2n) is 2.29. The summed E-state index contributed by atoms with van der Waals surface area (Å²) in [6.45, 7) is 0. The molecule has 0 amide bonds. The van der Waals surface area contributed by atoms with Crippen molar-refractivity contribution in [3.63, 3.8) is 0 Å². The average molecular weight is 197 g/mol. The minimum Gasteiger partial charge on any atom is -0.397 e. The quantitative estimate of drug-likeness (QED) is 0.322. The first-order chi connectivity index (χ1) is 6.06. The molecule has 0 heterocycles. The van der Waals surface area contributed by atoms with Crippen LogP contribution in [0.25, 0.3) is 0 Å². The van der Waals surface area contributed by atoms with Crippen LogP contribution >= 0.6 is 11.6 Å². The second kappa shape index (κ2) is 3.33. The first-order valence-electron chi connectivity index (χ1n) is 3.26. The Balaban J connectivity index is 3.41. The number of hydrogen-bond donors (Lipinski definition) is 1. The molecule has 2 N–H and O–H groups in total. The number of nitrogen functional groups attached to an aromatic ring is 1. The molecule has 0 aromatic heterocycles. The summed E-state index contributed by atoms with van der Waals surface area (Å²) < 4.78 is 0. The molecule has 0 fully saturated rings. The summed E-state index contributed by atoms with van der Waals surface area (Å²) in [6, 6.07) is 2.37. The van der Waals surface area contributed by atoms with Crippen LogP contribution in [0, 0.1) is 22.5 Å². The van der Waals surface area contributed by atoms with Crippen molar-refractivity contribution in [1.82, 2.24) is 0 Å². The van der Waals surface area contributed by atoms with Crippen LogP contribution in [-0.4, -0.2) is 4.92 Å². The van der Waals surface area contributed by atoms with Gasteiger partial charge >= 0.3 is 0 Å². The van der Waals surface area contributed by atoms with E-state index in [9.17, 15) is 10.1 Å². The van der Waals surface area contributed by atoms with Crippen LogP contribution in [-0.2, 0) is 0 Å². The highest BCUT2D eigenvalue weighted by atomic mass is 35.5. The van der Waals surface area contributed by atoms with Crippen LogP contribution in [0.4, 0.5) is 11.4 Å². The normalized spacial score (nSPS) is 9.23. The highest BCUT2D eigenvalue weighted by Gasteiger charge is 2.11. The number of nitro benzene ring substituents is 1. The maximum atomic E-state index is 10.4. The third kappa shape index (κ3) is 1.71. The van der Waals surface area contributed by atoms with Gasteiger partial charge in [0.2, 0.25) is 0 Å². The van der Waals surface area contributed by atoms with Crippen molar-refractivity contribution in [2.24, 2.45) is 0 Å². The van der Waals surface area contributed by atoms with Crippen molar-refractivity contribution in [3.8, 4) is 12.3 Å². The Kier molecular flexibility index (Phi) is 2.40. The van der Waals surface area contributed by atoms with E-state index in [1.807, 2.05) is 0 Å². The van der Waals surface area contributed by atoms with Gasteiger partial charge in [-0.2, -0.15) is 0 Å². The fraction of sp³-hybridized carbons (Fsp3) is 0. The van der Waals surface area contributed by atoms with Crippen molar-refractivity contribution in [1.29, 1.82) is 0 Å². The first kappa shape index (κ1) is 9.36. The van der Waals surface area contributed by atoms with Gasteiger partial charge in [-0.15, -0.1) is 6.42 Å². The van der Waals surface area contributed by atoms with E-state index in [1.54, 1.807) is 0 Å². The van der Waals surface area contributed by atoms with E-state index in [2.05, 4.69) is 5.92 Å². The van der Waals surface area contributed by atoms with E-state index in [4.69, 9.17) is 23.8 Å². The molecule has 1 aromatic carbocycles. The third-order valence-corrected chi connectivity index (χ3v) is 1.79. The highest BCUT2D eigenvalue weighted by molar-refractivity contribution is 6.33. The Hall–Kier alpha value is -1.73. The lowest BCUT2D eigenvalue weighted by atomic mass is 10.1. The van der Waals surface area contributed by atoms with Crippen molar-refractivity contribution < 1.29 is 4.92 Å². The predicted octanol–water partition coefficient (Wildman–Crippen LogP) is 1.81. The Labute approximate surface area is 79.5 Å². The molecule has 1 aromatic rings. The van der Waals surface area contributed by atoms with Crippen LogP contribution < -0.4 is 5.73 Å². The minimum atomic E-state index is -0.577. The van der Waals surface area contributed by atoms with Gasteiger partial charge in [0, 0.05) is 12.1 Å². The van der Waals surface area contributed by atoms with Gasteiger partial charge in [0.15, 0.2) is 0 Å². The summed E-state index contributed by atoms with van der Waals surface area (Å²) in [6.07, 6.45) is 5.08. The van der Waals surface area contributed by atoms with E-state index in [0.29, 0.717) is 0 Å². The maximum Gasteiger partial charge on any atom is 0.272 e. The zero-order chi connectivity index (χ0) is 10.0. The molecule has 4 nitrogen and oxygen atoms in total. The number of halogens is 1.